The van der Waals surface area contributed by atoms with Crippen molar-refractivity contribution < 1.29 is 0 Å². The lowest BCUT2D eigenvalue weighted by Gasteiger charge is -2.12. The largest absolute Gasteiger partial charge is 0.179 e. The van der Waals surface area contributed by atoms with E-state index in [1.807, 2.05) is 11.3 Å². The van der Waals surface area contributed by atoms with Gasteiger partial charge in [-0.25, -0.2) is 0 Å². The predicted molar refractivity (Wildman–Crippen MR) is 71.1 cm³/mol. The molecule has 1 heterocycles. The van der Waals surface area contributed by atoms with Crippen LogP contribution in [-0.2, 0) is 6.42 Å². The Morgan fingerprint density at radius 2 is 1.87 bits per heavy atom. The Kier molecular flexibility index (Phi) is 3.87. The Hall–Kier alpha value is -0.730. The highest BCUT2D eigenvalue weighted by Gasteiger charge is 2.11. The lowest BCUT2D eigenvalue weighted by molar-refractivity contribution is 0.789. The third-order valence-corrected chi connectivity index (χ3v) is 3.97. The molecular formula is C13H14S2. The van der Waals surface area contributed by atoms with Gasteiger partial charge in [0, 0.05) is 10.8 Å². The molecule has 1 aromatic heterocycles. The molecule has 2 aromatic rings. The molecule has 0 nitrogen and oxygen atoms in total. The fraction of sp³-hybridized carbons (Fsp3) is 0.231. The first kappa shape index (κ1) is 10.8. The highest BCUT2D eigenvalue weighted by molar-refractivity contribution is 7.80. The smallest absolute Gasteiger partial charge is 0.00876 e. The van der Waals surface area contributed by atoms with Crippen molar-refractivity contribution in [3.8, 4) is 0 Å². The number of hydrogen-bond donors (Lipinski definition) is 1. The van der Waals surface area contributed by atoms with Gasteiger partial charge in [-0.15, -0.1) is 11.3 Å². The van der Waals surface area contributed by atoms with Gasteiger partial charge in [0.1, 0.15) is 0 Å². The van der Waals surface area contributed by atoms with Gasteiger partial charge in [0.15, 0.2) is 0 Å². The molecule has 0 amide bonds. The van der Waals surface area contributed by atoms with E-state index < -0.39 is 0 Å². The zero-order valence-corrected chi connectivity index (χ0v) is 10.2. The topological polar surface area (TPSA) is 0 Å². The summed E-state index contributed by atoms with van der Waals surface area (Å²) >= 11 is 6.26. The van der Waals surface area contributed by atoms with Crippen LogP contribution in [0, 0.1) is 0 Å². The highest BCUT2D eigenvalue weighted by Crippen LogP contribution is 2.25. The van der Waals surface area contributed by atoms with Crippen LogP contribution in [0.15, 0.2) is 47.8 Å². The molecule has 0 radical (unpaired) electrons. The lowest BCUT2D eigenvalue weighted by Crippen LogP contribution is -2.02. The Labute approximate surface area is 100 Å². The van der Waals surface area contributed by atoms with Crippen LogP contribution in [0.4, 0.5) is 0 Å². The molecule has 1 unspecified atom stereocenters. The second-order valence-corrected chi connectivity index (χ2v) is 4.93. The van der Waals surface area contributed by atoms with Gasteiger partial charge in [-0.1, -0.05) is 36.4 Å². The van der Waals surface area contributed by atoms with Gasteiger partial charge in [-0.2, -0.15) is 12.6 Å². The Morgan fingerprint density at radius 3 is 2.47 bits per heavy atom. The van der Waals surface area contributed by atoms with Gasteiger partial charge >= 0.3 is 0 Å². The molecule has 0 aliphatic rings. The van der Waals surface area contributed by atoms with Crippen molar-refractivity contribution in [2.45, 2.75) is 12.3 Å². The van der Waals surface area contributed by atoms with E-state index in [-0.39, 0.29) is 0 Å². The minimum atomic E-state index is 0.552. The summed E-state index contributed by atoms with van der Waals surface area (Å²) in [5, 5.41) is 2.14. The summed E-state index contributed by atoms with van der Waals surface area (Å²) in [6.45, 7) is 0. The molecule has 0 saturated heterocycles. The molecule has 0 N–H and O–H groups in total. The second-order valence-electron chi connectivity index (χ2n) is 3.58. The zero-order chi connectivity index (χ0) is 10.5. The normalized spacial score (nSPS) is 12.6. The molecule has 78 valence electrons. The molecule has 2 heteroatoms. The van der Waals surface area contributed by atoms with E-state index in [1.165, 1.54) is 10.4 Å². The summed E-state index contributed by atoms with van der Waals surface area (Å²) < 4.78 is 0. The van der Waals surface area contributed by atoms with Crippen molar-refractivity contribution in [1.82, 2.24) is 0 Å². The van der Waals surface area contributed by atoms with Crippen molar-refractivity contribution >= 4 is 24.0 Å². The minimum absolute atomic E-state index is 0.552. The van der Waals surface area contributed by atoms with E-state index in [0.29, 0.717) is 5.92 Å². The molecule has 0 spiro atoms. The molecule has 1 atom stereocenters. The lowest BCUT2D eigenvalue weighted by atomic mass is 10.00. The highest BCUT2D eigenvalue weighted by atomic mass is 32.1. The van der Waals surface area contributed by atoms with Gasteiger partial charge in [-0.3, -0.25) is 0 Å². The predicted octanol–water partition coefficient (Wildman–Crippen LogP) is 4.00. The summed E-state index contributed by atoms with van der Waals surface area (Å²) in [5.41, 5.74) is 1.39. The fourth-order valence-corrected chi connectivity index (χ4v) is 2.96. The summed E-state index contributed by atoms with van der Waals surface area (Å²) in [6, 6.07) is 14.9. The van der Waals surface area contributed by atoms with Gasteiger partial charge < -0.3 is 0 Å². The first-order valence-electron chi connectivity index (χ1n) is 5.08. The molecule has 0 bridgehead atoms. The van der Waals surface area contributed by atoms with Crippen molar-refractivity contribution in [2.75, 3.05) is 5.75 Å². The number of rotatable bonds is 4. The van der Waals surface area contributed by atoms with Gasteiger partial charge in [0.25, 0.3) is 0 Å². The Morgan fingerprint density at radius 1 is 1.07 bits per heavy atom. The Bertz CT molecular complexity index is 378. The third-order valence-electron chi connectivity index (χ3n) is 2.49. The monoisotopic (exact) mass is 234 g/mol. The molecular weight excluding hydrogens is 220 g/mol. The molecule has 0 saturated carbocycles. The van der Waals surface area contributed by atoms with E-state index in [4.69, 9.17) is 0 Å². The summed E-state index contributed by atoms with van der Waals surface area (Å²) in [4.78, 5) is 1.44. The van der Waals surface area contributed by atoms with Crippen LogP contribution in [0.3, 0.4) is 0 Å². The first-order valence-corrected chi connectivity index (χ1v) is 6.59. The van der Waals surface area contributed by atoms with Crippen LogP contribution in [-0.4, -0.2) is 5.75 Å². The standard InChI is InChI=1S/C13H14S2/c14-10-12(13-7-4-8-15-13)9-11-5-2-1-3-6-11/h1-8,12,14H,9-10H2. The minimum Gasteiger partial charge on any atom is -0.179 e. The number of benzene rings is 1. The van der Waals surface area contributed by atoms with Crippen molar-refractivity contribution in [2.24, 2.45) is 0 Å². The van der Waals surface area contributed by atoms with Crippen LogP contribution in [0.5, 0.6) is 0 Å². The van der Waals surface area contributed by atoms with Gasteiger partial charge in [0.2, 0.25) is 0 Å². The van der Waals surface area contributed by atoms with Crippen LogP contribution >= 0.6 is 24.0 Å². The van der Waals surface area contributed by atoms with Crippen molar-refractivity contribution in [3.63, 3.8) is 0 Å². The van der Waals surface area contributed by atoms with Crippen molar-refractivity contribution in [3.05, 3.63) is 58.3 Å². The molecule has 0 aliphatic heterocycles. The maximum Gasteiger partial charge on any atom is 0.00876 e. The summed E-state index contributed by atoms with van der Waals surface area (Å²) in [7, 11) is 0. The number of thiophene rings is 1. The fourth-order valence-electron chi connectivity index (χ4n) is 1.68. The van der Waals surface area contributed by atoms with E-state index in [2.05, 4.69) is 60.5 Å². The zero-order valence-electron chi connectivity index (χ0n) is 8.47. The maximum absolute atomic E-state index is 4.44. The summed E-state index contributed by atoms with van der Waals surface area (Å²) in [6.07, 6.45) is 1.09. The molecule has 0 aliphatic carbocycles. The molecule has 0 fully saturated rings. The van der Waals surface area contributed by atoms with Crippen LogP contribution in [0.1, 0.15) is 16.4 Å². The van der Waals surface area contributed by atoms with E-state index in [9.17, 15) is 0 Å². The van der Waals surface area contributed by atoms with Crippen LogP contribution < -0.4 is 0 Å². The number of thiol groups is 1. The first-order chi connectivity index (χ1) is 7.40. The SMILES string of the molecule is SCC(Cc1ccccc1)c1cccs1. The summed E-state index contributed by atoms with van der Waals surface area (Å²) in [5.74, 6) is 1.46. The molecule has 1 aromatic carbocycles. The molecule has 15 heavy (non-hydrogen) atoms. The number of hydrogen-bond acceptors (Lipinski definition) is 2. The van der Waals surface area contributed by atoms with E-state index in [1.54, 1.807) is 0 Å². The van der Waals surface area contributed by atoms with Crippen molar-refractivity contribution in [1.29, 1.82) is 0 Å². The van der Waals surface area contributed by atoms with E-state index >= 15 is 0 Å². The maximum atomic E-state index is 4.44. The van der Waals surface area contributed by atoms with Gasteiger partial charge in [0.05, 0.1) is 0 Å². The second kappa shape index (κ2) is 5.38. The third kappa shape index (κ3) is 2.86. The average molecular weight is 234 g/mol. The Balaban J connectivity index is 2.10. The molecule has 2 rings (SSSR count). The van der Waals surface area contributed by atoms with Gasteiger partial charge in [-0.05, 0) is 29.2 Å². The van der Waals surface area contributed by atoms with E-state index in [0.717, 1.165) is 12.2 Å². The average Bonchev–Trinajstić information content (AvgIpc) is 2.81. The van der Waals surface area contributed by atoms with Crippen LogP contribution in [0.2, 0.25) is 0 Å². The quantitative estimate of drug-likeness (QED) is 0.759. The van der Waals surface area contributed by atoms with Crippen LogP contribution in [0.25, 0.3) is 0 Å².